The molecule has 106 valence electrons. The monoisotopic (exact) mass is 284 g/mol. The smallest absolute Gasteiger partial charge is 0.309 e. The number of carboxylic acid groups (broad SMARTS) is 1. The van der Waals surface area contributed by atoms with Crippen molar-refractivity contribution in [2.75, 3.05) is 0 Å². The predicted molar refractivity (Wildman–Crippen MR) is 77.1 cm³/mol. The summed E-state index contributed by atoms with van der Waals surface area (Å²) in [6, 6.07) is 11.8. The minimum atomic E-state index is -0.950. The average molecular weight is 284 g/mol. The van der Waals surface area contributed by atoms with E-state index in [0.717, 1.165) is 11.3 Å². The summed E-state index contributed by atoms with van der Waals surface area (Å²) in [6.45, 7) is 1.97. The summed E-state index contributed by atoms with van der Waals surface area (Å²) in [7, 11) is 0. The van der Waals surface area contributed by atoms with E-state index in [-0.39, 0.29) is 6.42 Å². The van der Waals surface area contributed by atoms with Gasteiger partial charge in [-0.1, -0.05) is 17.7 Å². The highest BCUT2D eigenvalue weighted by molar-refractivity contribution is 5.86. The predicted octanol–water partition coefficient (Wildman–Crippen LogP) is 3.10. The molecule has 0 amide bonds. The normalized spacial score (nSPS) is 11.0. The zero-order chi connectivity index (χ0) is 15.0. The van der Waals surface area contributed by atoms with Crippen LogP contribution in [0.3, 0.4) is 0 Å². The van der Waals surface area contributed by atoms with Crippen LogP contribution in [-0.2, 0) is 11.2 Å². The second-order valence-electron chi connectivity index (χ2n) is 4.93. The van der Waals surface area contributed by atoms with E-state index in [4.69, 9.17) is 5.11 Å². The average Bonchev–Trinajstić information content (AvgIpc) is 2.77. The van der Waals surface area contributed by atoms with E-state index in [1.165, 1.54) is 12.1 Å². The standard InChI is InChI=1S/C16H13FN2O2/c1-10-2-5-12(6-3-10)19-15(9-16(20)21)13-7-4-11(17)8-14(13)18-19/h2-8H,9H2,1H3,(H,20,21). The Hall–Kier alpha value is -2.69. The minimum Gasteiger partial charge on any atom is -0.481 e. The van der Waals surface area contributed by atoms with Gasteiger partial charge < -0.3 is 5.11 Å². The van der Waals surface area contributed by atoms with Crippen LogP contribution in [0.25, 0.3) is 16.6 Å². The first kappa shape index (κ1) is 13.3. The molecule has 0 aliphatic carbocycles. The van der Waals surface area contributed by atoms with E-state index in [2.05, 4.69) is 5.10 Å². The number of fused-ring (bicyclic) bond motifs is 1. The molecule has 1 N–H and O–H groups in total. The summed E-state index contributed by atoms with van der Waals surface area (Å²) in [5.74, 6) is -1.34. The molecule has 0 spiro atoms. The van der Waals surface area contributed by atoms with Gasteiger partial charge >= 0.3 is 5.97 Å². The summed E-state index contributed by atoms with van der Waals surface area (Å²) in [5.41, 5.74) is 2.85. The fraction of sp³-hybridized carbons (Fsp3) is 0.125. The van der Waals surface area contributed by atoms with Crippen molar-refractivity contribution in [3.63, 3.8) is 0 Å². The van der Waals surface area contributed by atoms with Crippen LogP contribution in [0.15, 0.2) is 42.5 Å². The third kappa shape index (κ3) is 2.50. The van der Waals surface area contributed by atoms with Gasteiger partial charge in [0.25, 0.3) is 0 Å². The highest BCUT2D eigenvalue weighted by Gasteiger charge is 2.16. The third-order valence-corrected chi connectivity index (χ3v) is 3.33. The number of aromatic nitrogens is 2. The number of nitrogens with zero attached hydrogens (tertiary/aromatic N) is 2. The van der Waals surface area contributed by atoms with Crippen LogP contribution in [0.4, 0.5) is 4.39 Å². The maximum Gasteiger partial charge on any atom is 0.309 e. The second-order valence-corrected chi connectivity index (χ2v) is 4.93. The van der Waals surface area contributed by atoms with Gasteiger partial charge in [0.2, 0.25) is 0 Å². The summed E-state index contributed by atoms with van der Waals surface area (Å²) in [4.78, 5) is 11.1. The molecule has 5 heteroatoms. The van der Waals surface area contributed by atoms with E-state index in [9.17, 15) is 9.18 Å². The topological polar surface area (TPSA) is 55.1 Å². The van der Waals surface area contributed by atoms with Crippen molar-refractivity contribution in [2.45, 2.75) is 13.3 Å². The molecule has 0 fully saturated rings. The quantitative estimate of drug-likeness (QED) is 0.804. The Kier molecular flexibility index (Phi) is 3.17. The Labute approximate surface area is 120 Å². The number of carboxylic acids is 1. The van der Waals surface area contributed by atoms with Gasteiger partial charge in [0.1, 0.15) is 5.82 Å². The Balaban J connectivity index is 2.24. The largest absolute Gasteiger partial charge is 0.481 e. The highest BCUT2D eigenvalue weighted by Crippen LogP contribution is 2.23. The van der Waals surface area contributed by atoms with E-state index < -0.39 is 11.8 Å². The Morgan fingerprint density at radius 1 is 1.24 bits per heavy atom. The number of aryl methyl sites for hydroxylation is 1. The van der Waals surface area contributed by atoms with Gasteiger partial charge in [0.05, 0.1) is 23.3 Å². The maximum absolute atomic E-state index is 13.3. The van der Waals surface area contributed by atoms with Gasteiger partial charge in [0.15, 0.2) is 0 Å². The van der Waals surface area contributed by atoms with Crippen LogP contribution in [-0.4, -0.2) is 20.9 Å². The summed E-state index contributed by atoms with van der Waals surface area (Å²) in [5, 5.41) is 14.1. The number of hydrogen-bond donors (Lipinski definition) is 1. The minimum absolute atomic E-state index is 0.171. The molecule has 0 unspecified atom stereocenters. The van der Waals surface area contributed by atoms with E-state index in [1.807, 2.05) is 31.2 Å². The van der Waals surface area contributed by atoms with Crippen molar-refractivity contribution in [3.05, 3.63) is 59.5 Å². The van der Waals surface area contributed by atoms with Crippen LogP contribution in [0.1, 0.15) is 11.3 Å². The molecule has 0 radical (unpaired) electrons. The maximum atomic E-state index is 13.3. The number of benzene rings is 2. The zero-order valence-corrected chi connectivity index (χ0v) is 11.4. The molecule has 0 saturated carbocycles. The molecular weight excluding hydrogens is 271 g/mol. The van der Waals surface area contributed by atoms with Gasteiger partial charge in [-0.2, -0.15) is 5.10 Å². The van der Waals surface area contributed by atoms with Gasteiger partial charge in [-0.3, -0.25) is 4.79 Å². The molecule has 2 aromatic carbocycles. The zero-order valence-electron chi connectivity index (χ0n) is 11.4. The molecule has 21 heavy (non-hydrogen) atoms. The molecule has 0 saturated heterocycles. The molecule has 1 heterocycles. The Bertz CT molecular complexity index is 822. The Morgan fingerprint density at radius 3 is 2.62 bits per heavy atom. The lowest BCUT2D eigenvalue weighted by Crippen LogP contribution is -2.08. The lowest BCUT2D eigenvalue weighted by molar-refractivity contribution is -0.136. The molecular formula is C16H13FN2O2. The van der Waals surface area contributed by atoms with E-state index in [1.54, 1.807) is 10.7 Å². The van der Waals surface area contributed by atoms with Crippen molar-refractivity contribution in [1.82, 2.24) is 9.78 Å². The lowest BCUT2D eigenvalue weighted by Gasteiger charge is -2.06. The number of carbonyl (C=O) groups is 1. The fourth-order valence-corrected chi connectivity index (χ4v) is 2.33. The molecule has 3 rings (SSSR count). The van der Waals surface area contributed by atoms with Crippen molar-refractivity contribution >= 4 is 16.9 Å². The van der Waals surface area contributed by atoms with Crippen molar-refractivity contribution < 1.29 is 14.3 Å². The number of aliphatic carboxylic acids is 1. The lowest BCUT2D eigenvalue weighted by atomic mass is 10.1. The van der Waals surface area contributed by atoms with Crippen LogP contribution < -0.4 is 0 Å². The molecule has 0 bridgehead atoms. The van der Waals surface area contributed by atoms with Gasteiger partial charge in [-0.05, 0) is 31.2 Å². The van der Waals surface area contributed by atoms with Crippen molar-refractivity contribution in [2.24, 2.45) is 0 Å². The first-order chi connectivity index (χ1) is 10.0. The molecule has 0 aliphatic rings. The van der Waals surface area contributed by atoms with Crippen LogP contribution >= 0.6 is 0 Å². The van der Waals surface area contributed by atoms with E-state index >= 15 is 0 Å². The van der Waals surface area contributed by atoms with Crippen LogP contribution in [0.5, 0.6) is 0 Å². The van der Waals surface area contributed by atoms with E-state index in [0.29, 0.717) is 16.6 Å². The number of rotatable bonds is 3. The molecule has 3 aromatic rings. The molecule has 1 aromatic heterocycles. The summed E-state index contributed by atoms with van der Waals surface area (Å²) in [6.07, 6.45) is -0.171. The second kappa shape index (κ2) is 5.01. The number of halogens is 1. The molecule has 0 aliphatic heterocycles. The van der Waals surface area contributed by atoms with Crippen molar-refractivity contribution in [1.29, 1.82) is 0 Å². The SMILES string of the molecule is Cc1ccc(-n2nc3cc(F)ccc3c2CC(=O)O)cc1. The van der Waals surface area contributed by atoms with Crippen LogP contribution in [0, 0.1) is 12.7 Å². The van der Waals surface area contributed by atoms with Crippen molar-refractivity contribution in [3.8, 4) is 5.69 Å². The van der Waals surface area contributed by atoms with Gasteiger partial charge in [-0.15, -0.1) is 0 Å². The number of hydrogen-bond acceptors (Lipinski definition) is 2. The van der Waals surface area contributed by atoms with Gasteiger partial charge in [0, 0.05) is 11.5 Å². The summed E-state index contributed by atoms with van der Waals surface area (Å²) >= 11 is 0. The Morgan fingerprint density at radius 2 is 1.95 bits per heavy atom. The third-order valence-electron chi connectivity index (χ3n) is 3.33. The van der Waals surface area contributed by atoms with Crippen LogP contribution in [0.2, 0.25) is 0 Å². The highest BCUT2D eigenvalue weighted by atomic mass is 19.1. The first-order valence-electron chi connectivity index (χ1n) is 6.50. The first-order valence-corrected chi connectivity index (χ1v) is 6.50. The molecule has 0 atom stereocenters. The fourth-order valence-electron chi connectivity index (χ4n) is 2.33. The molecule has 4 nitrogen and oxygen atoms in total. The van der Waals surface area contributed by atoms with Gasteiger partial charge in [-0.25, -0.2) is 9.07 Å². The summed E-state index contributed by atoms with van der Waals surface area (Å²) < 4.78 is 14.9.